The number of nitrogens with one attached hydrogen (secondary N) is 1. The molecule has 30 heavy (non-hydrogen) atoms. The molecule has 5 nitrogen and oxygen atoms in total. The molecule has 7 heteroatoms. The van der Waals surface area contributed by atoms with E-state index in [2.05, 4.69) is 5.32 Å². The summed E-state index contributed by atoms with van der Waals surface area (Å²) >= 11 is 0. The number of fused-ring (bicyclic) bond motifs is 3. The molecule has 0 aromatic heterocycles. The van der Waals surface area contributed by atoms with Gasteiger partial charge >= 0.3 is 12.1 Å². The Morgan fingerprint density at radius 3 is 2.13 bits per heavy atom. The van der Waals surface area contributed by atoms with Gasteiger partial charge in [-0.1, -0.05) is 48.5 Å². The molecular formula is C23H17F2NO4. The third kappa shape index (κ3) is 3.61. The van der Waals surface area contributed by atoms with Crippen molar-refractivity contribution in [1.82, 2.24) is 5.32 Å². The highest BCUT2D eigenvalue weighted by Gasteiger charge is 2.29. The molecule has 0 unspecified atom stereocenters. The molecule has 3 aromatic carbocycles. The third-order valence-corrected chi connectivity index (χ3v) is 5.13. The Labute approximate surface area is 170 Å². The van der Waals surface area contributed by atoms with E-state index in [-0.39, 0.29) is 24.6 Å². The van der Waals surface area contributed by atoms with Crippen molar-refractivity contribution in [3.05, 3.63) is 94.6 Å². The maximum atomic E-state index is 14.0. The zero-order valence-corrected chi connectivity index (χ0v) is 15.7. The highest BCUT2D eigenvalue weighted by Crippen LogP contribution is 2.44. The van der Waals surface area contributed by atoms with Crippen molar-refractivity contribution < 1.29 is 28.2 Å². The minimum atomic E-state index is -1.57. The molecule has 1 amide bonds. The molecule has 1 aliphatic rings. The molecule has 0 saturated heterocycles. The molecule has 152 valence electrons. The highest BCUT2D eigenvalue weighted by molar-refractivity contribution is 5.88. The van der Waals surface area contributed by atoms with Gasteiger partial charge in [-0.2, -0.15) is 0 Å². The molecule has 0 heterocycles. The summed E-state index contributed by atoms with van der Waals surface area (Å²) in [6, 6.07) is 17.1. The fourth-order valence-electron chi connectivity index (χ4n) is 3.70. The van der Waals surface area contributed by atoms with Gasteiger partial charge in [0.25, 0.3) is 0 Å². The molecular weight excluding hydrogens is 392 g/mol. The fourth-order valence-corrected chi connectivity index (χ4v) is 3.70. The largest absolute Gasteiger partial charge is 0.478 e. The van der Waals surface area contributed by atoms with E-state index in [1.807, 2.05) is 48.5 Å². The van der Waals surface area contributed by atoms with Crippen molar-refractivity contribution in [2.75, 3.05) is 6.61 Å². The number of halogens is 2. The van der Waals surface area contributed by atoms with E-state index >= 15 is 0 Å². The number of benzene rings is 3. The van der Waals surface area contributed by atoms with Gasteiger partial charge in [0, 0.05) is 18.0 Å². The average Bonchev–Trinajstić information content (AvgIpc) is 3.06. The van der Waals surface area contributed by atoms with Crippen LogP contribution < -0.4 is 5.32 Å². The average molecular weight is 409 g/mol. The van der Waals surface area contributed by atoms with Crippen molar-refractivity contribution >= 4 is 12.1 Å². The lowest BCUT2D eigenvalue weighted by molar-refractivity contribution is 0.0691. The molecule has 0 bridgehead atoms. The first-order valence-electron chi connectivity index (χ1n) is 9.25. The van der Waals surface area contributed by atoms with Crippen LogP contribution in [0, 0.1) is 11.6 Å². The number of carboxylic acids is 1. The fraction of sp³-hybridized carbons (Fsp3) is 0.130. The number of aromatic carboxylic acids is 1. The standard InChI is InChI=1S/C23H17F2NO4/c24-20-10-18(22(27)28)21(25)9-13(20)11-26-23(29)30-12-19-16-7-3-1-5-14(16)15-6-2-4-8-17(15)19/h1-10,19H,11-12H2,(H,26,29)(H,27,28). The lowest BCUT2D eigenvalue weighted by atomic mass is 9.98. The molecule has 4 rings (SSSR count). The Morgan fingerprint density at radius 1 is 0.933 bits per heavy atom. The zero-order chi connectivity index (χ0) is 21.3. The van der Waals surface area contributed by atoms with Gasteiger partial charge in [0.15, 0.2) is 0 Å². The summed E-state index contributed by atoms with van der Waals surface area (Å²) in [5.74, 6) is -3.68. The number of amides is 1. The lowest BCUT2D eigenvalue weighted by Crippen LogP contribution is -2.26. The van der Waals surface area contributed by atoms with Gasteiger partial charge < -0.3 is 15.2 Å². The van der Waals surface area contributed by atoms with Gasteiger partial charge in [0.2, 0.25) is 0 Å². The monoisotopic (exact) mass is 409 g/mol. The number of hydrogen-bond acceptors (Lipinski definition) is 3. The van der Waals surface area contributed by atoms with Gasteiger partial charge in [0.1, 0.15) is 18.2 Å². The van der Waals surface area contributed by atoms with Gasteiger partial charge in [-0.3, -0.25) is 0 Å². The van der Waals surface area contributed by atoms with E-state index in [4.69, 9.17) is 9.84 Å². The summed E-state index contributed by atoms with van der Waals surface area (Å²) in [5, 5.41) is 11.2. The Kier molecular flexibility index (Phi) is 5.18. The third-order valence-electron chi connectivity index (χ3n) is 5.13. The van der Waals surface area contributed by atoms with Crippen LogP contribution in [0.4, 0.5) is 13.6 Å². The van der Waals surface area contributed by atoms with Crippen LogP contribution in [-0.2, 0) is 11.3 Å². The first kappa shape index (κ1) is 19.6. The Balaban J connectivity index is 1.42. The van der Waals surface area contributed by atoms with E-state index in [0.29, 0.717) is 6.07 Å². The van der Waals surface area contributed by atoms with E-state index in [1.54, 1.807) is 0 Å². The van der Waals surface area contributed by atoms with Crippen LogP contribution in [0.5, 0.6) is 0 Å². The van der Waals surface area contributed by atoms with Crippen molar-refractivity contribution in [2.24, 2.45) is 0 Å². The molecule has 0 fully saturated rings. The maximum Gasteiger partial charge on any atom is 0.407 e. The van der Waals surface area contributed by atoms with Crippen molar-refractivity contribution in [1.29, 1.82) is 0 Å². The first-order chi connectivity index (χ1) is 14.5. The summed E-state index contributed by atoms with van der Waals surface area (Å²) in [5.41, 5.74) is 3.37. The molecule has 3 aromatic rings. The summed E-state index contributed by atoms with van der Waals surface area (Å²) in [6.07, 6.45) is -0.779. The van der Waals surface area contributed by atoms with E-state index in [9.17, 15) is 18.4 Å². The topological polar surface area (TPSA) is 75.6 Å². The Morgan fingerprint density at radius 2 is 1.53 bits per heavy atom. The summed E-state index contributed by atoms with van der Waals surface area (Å²) in [4.78, 5) is 23.0. The second-order valence-electron chi connectivity index (χ2n) is 6.91. The first-order valence-corrected chi connectivity index (χ1v) is 9.25. The Hall–Kier alpha value is -3.74. The maximum absolute atomic E-state index is 14.0. The number of alkyl carbamates (subject to hydrolysis) is 1. The minimum Gasteiger partial charge on any atom is -0.478 e. The van der Waals surface area contributed by atoms with Crippen LogP contribution in [0.2, 0.25) is 0 Å². The molecule has 0 radical (unpaired) electrons. The van der Waals surface area contributed by atoms with Gasteiger partial charge in [-0.05, 0) is 34.4 Å². The normalized spacial score (nSPS) is 12.2. The number of hydrogen-bond donors (Lipinski definition) is 2. The Bertz CT molecular complexity index is 1100. The smallest absolute Gasteiger partial charge is 0.407 e. The van der Waals surface area contributed by atoms with Crippen molar-refractivity contribution in [3.8, 4) is 11.1 Å². The number of carbonyl (C=O) groups is 2. The predicted octanol–water partition coefficient (Wildman–Crippen LogP) is 4.70. The van der Waals surface area contributed by atoms with Crippen LogP contribution in [0.15, 0.2) is 60.7 Å². The number of carbonyl (C=O) groups excluding carboxylic acids is 1. The van der Waals surface area contributed by atoms with Crippen LogP contribution in [0.3, 0.4) is 0 Å². The lowest BCUT2D eigenvalue weighted by Gasteiger charge is -2.15. The molecule has 0 spiro atoms. The van der Waals surface area contributed by atoms with Gasteiger partial charge in [0.05, 0.1) is 5.56 Å². The highest BCUT2D eigenvalue weighted by atomic mass is 19.1. The van der Waals surface area contributed by atoms with Crippen molar-refractivity contribution in [2.45, 2.75) is 12.5 Å². The number of ether oxygens (including phenoxy) is 1. The SMILES string of the molecule is O=C(NCc1cc(F)c(C(=O)O)cc1F)OCC1c2ccccc2-c2ccccc21. The van der Waals surface area contributed by atoms with Crippen LogP contribution in [0.1, 0.15) is 33.0 Å². The van der Waals surface area contributed by atoms with E-state index in [1.165, 1.54) is 0 Å². The van der Waals surface area contributed by atoms with Crippen LogP contribution in [0.25, 0.3) is 11.1 Å². The van der Waals surface area contributed by atoms with E-state index in [0.717, 1.165) is 28.3 Å². The van der Waals surface area contributed by atoms with Crippen LogP contribution in [-0.4, -0.2) is 23.8 Å². The van der Waals surface area contributed by atoms with Gasteiger partial charge in [-0.25, -0.2) is 18.4 Å². The quantitative estimate of drug-likeness (QED) is 0.640. The van der Waals surface area contributed by atoms with Crippen molar-refractivity contribution in [3.63, 3.8) is 0 Å². The number of rotatable bonds is 5. The predicted molar refractivity (Wildman–Crippen MR) is 105 cm³/mol. The second-order valence-corrected chi connectivity index (χ2v) is 6.91. The summed E-state index contributed by atoms with van der Waals surface area (Å²) < 4.78 is 33.1. The second kappa shape index (κ2) is 7.94. The zero-order valence-electron chi connectivity index (χ0n) is 15.7. The van der Waals surface area contributed by atoms with E-state index < -0.39 is 29.3 Å². The number of carboxylic acid groups (broad SMARTS) is 1. The minimum absolute atomic E-state index is 0.0919. The molecule has 1 aliphatic carbocycles. The summed E-state index contributed by atoms with van der Waals surface area (Å²) in [7, 11) is 0. The molecule has 0 atom stereocenters. The van der Waals surface area contributed by atoms with Gasteiger partial charge in [-0.15, -0.1) is 0 Å². The van der Waals surface area contributed by atoms with Crippen LogP contribution >= 0.6 is 0 Å². The molecule has 2 N–H and O–H groups in total. The summed E-state index contributed by atoms with van der Waals surface area (Å²) in [6.45, 7) is -0.242. The molecule has 0 saturated carbocycles. The molecule has 0 aliphatic heterocycles.